The van der Waals surface area contributed by atoms with Gasteiger partial charge in [0.05, 0.1) is 17.2 Å². The van der Waals surface area contributed by atoms with Crippen molar-refractivity contribution in [2.75, 3.05) is 11.5 Å². The molecule has 1 aliphatic heterocycles. The number of amides is 2. The molecule has 1 aromatic heterocycles. The highest BCUT2D eigenvalue weighted by atomic mass is 35.5. The van der Waals surface area contributed by atoms with E-state index in [4.69, 9.17) is 20.8 Å². The second kappa shape index (κ2) is 8.19. The number of hydrogen-bond acceptors (Lipinski definition) is 5. The average molecular weight is 426 g/mol. The van der Waals surface area contributed by atoms with Gasteiger partial charge in [-0.25, -0.2) is 4.90 Å². The Morgan fingerprint density at radius 3 is 2.62 bits per heavy atom. The van der Waals surface area contributed by atoms with Crippen LogP contribution in [0.5, 0.6) is 5.75 Å². The first-order valence-corrected chi connectivity index (χ1v) is 10.1. The summed E-state index contributed by atoms with van der Waals surface area (Å²) in [6.07, 6.45) is 1.58. The van der Waals surface area contributed by atoms with E-state index in [1.807, 2.05) is 19.1 Å². The van der Waals surface area contributed by atoms with Gasteiger partial charge in [-0.2, -0.15) is 0 Å². The standard InChI is InChI=1S/C22H16ClNO4S/c1-2-27-17-8-6-16(7-9-17)24-21(25)20(29-22(24)26)13-18-10-11-19(28-18)14-4-3-5-15(23)12-14/h3-13H,2H2,1H3/b20-13+. The van der Waals surface area contributed by atoms with Crippen molar-refractivity contribution in [1.29, 1.82) is 0 Å². The molecule has 1 saturated heterocycles. The van der Waals surface area contributed by atoms with Crippen LogP contribution < -0.4 is 9.64 Å². The summed E-state index contributed by atoms with van der Waals surface area (Å²) in [6.45, 7) is 2.44. The van der Waals surface area contributed by atoms with Crippen LogP contribution >= 0.6 is 23.4 Å². The number of carbonyl (C=O) groups excluding carboxylic acids is 2. The van der Waals surface area contributed by atoms with Crippen LogP contribution in [0, 0.1) is 0 Å². The van der Waals surface area contributed by atoms with Crippen molar-refractivity contribution in [3.05, 3.63) is 76.4 Å². The lowest BCUT2D eigenvalue weighted by Crippen LogP contribution is -2.27. The highest BCUT2D eigenvalue weighted by Crippen LogP contribution is 2.37. The lowest BCUT2D eigenvalue weighted by atomic mass is 10.2. The molecule has 2 amide bonds. The minimum Gasteiger partial charge on any atom is -0.494 e. The van der Waals surface area contributed by atoms with Crippen LogP contribution in [0.3, 0.4) is 0 Å². The zero-order chi connectivity index (χ0) is 20.4. The average Bonchev–Trinajstić information content (AvgIpc) is 3.28. The Morgan fingerprint density at radius 2 is 1.90 bits per heavy atom. The maximum Gasteiger partial charge on any atom is 0.298 e. The molecule has 2 heterocycles. The van der Waals surface area contributed by atoms with Crippen molar-refractivity contribution < 1.29 is 18.7 Å². The Morgan fingerprint density at radius 1 is 1.10 bits per heavy atom. The van der Waals surface area contributed by atoms with E-state index in [0.717, 1.165) is 22.2 Å². The van der Waals surface area contributed by atoms with Gasteiger partial charge in [0.2, 0.25) is 0 Å². The number of rotatable bonds is 5. The highest BCUT2D eigenvalue weighted by Gasteiger charge is 2.36. The number of benzene rings is 2. The van der Waals surface area contributed by atoms with Gasteiger partial charge in [0.1, 0.15) is 17.3 Å². The van der Waals surface area contributed by atoms with Crippen molar-refractivity contribution in [1.82, 2.24) is 0 Å². The molecule has 0 radical (unpaired) electrons. The molecule has 29 heavy (non-hydrogen) atoms. The van der Waals surface area contributed by atoms with E-state index in [0.29, 0.717) is 39.5 Å². The summed E-state index contributed by atoms with van der Waals surface area (Å²) in [4.78, 5) is 26.6. The van der Waals surface area contributed by atoms with E-state index >= 15 is 0 Å². The number of imide groups is 1. The second-order valence-electron chi connectivity index (χ2n) is 6.16. The third kappa shape index (κ3) is 4.09. The van der Waals surface area contributed by atoms with Gasteiger partial charge in [0.15, 0.2) is 0 Å². The van der Waals surface area contributed by atoms with E-state index in [9.17, 15) is 9.59 Å². The molecule has 146 valence electrons. The van der Waals surface area contributed by atoms with Gasteiger partial charge in [-0.15, -0.1) is 0 Å². The van der Waals surface area contributed by atoms with E-state index in [2.05, 4.69) is 0 Å². The van der Waals surface area contributed by atoms with E-state index in [1.54, 1.807) is 54.6 Å². The van der Waals surface area contributed by atoms with Gasteiger partial charge >= 0.3 is 0 Å². The quantitative estimate of drug-likeness (QED) is 0.453. The summed E-state index contributed by atoms with van der Waals surface area (Å²) in [6, 6.07) is 17.7. The Hall–Kier alpha value is -2.96. The summed E-state index contributed by atoms with van der Waals surface area (Å²) in [7, 11) is 0. The topological polar surface area (TPSA) is 59.8 Å². The molecule has 1 fully saturated rings. The first kappa shape index (κ1) is 19.4. The first-order valence-electron chi connectivity index (χ1n) is 8.92. The maximum absolute atomic E-state index is 12.8. The largest absolute Gasteiger partial charge is 0.494 e. The molecular weight excluding hydrogens is 410 g/mol. The number of ether oxygens (including phenoxy) is 1. The summed E-state index contributed by atoms with van der Waals surface area (Å²) in [5.74, 6) is 1.41. The van der Waals surface area contributed by atoms with Crippen LogP contribution in [-0.4, -0.2) is 17.8 Å². The molecule has 0 atom stereocenters. The number of thioether (sulfide) groups is 1. The number of furan rings is 1. The fourth-order valence-corrected chi connectivity index (χ4v) is 3.92. The number of hydrogen-bond donors (Lipinski definition) is 0. The van der Waals surface area contributed by atoms with Crippen molar-refractivity contribution in [2.24, 2.45) is 0 Å². The van der Waals surface area contributed by atoms with Crippen LogP contribution in [-0.2, 0) is 4.79 Å². The van der Waals surface area contributed by atoms with Gasteiger partial charge in [-0.1, -0.05) is 23.7 Å². The molecule has 0 N–H and O–H groups in total. The number of halogens is 1. The molecule has 0 bridgehead atoms. The van der Waals surface area contributed by atoms with Crippen LogP contribution in [0.2, 0.25) is 5.02 Å². The molecule has 5 nitrogen and oxygen atoms in total. The normalized spacial score (nSPS) is 15.4. The Labute approximate surface area is 176 Å². The number of carbonyl (C=O) groups is 2. The van der Waals surface area contributed by atoms with Crippen LogP contribution in [0.1, 0.15) is 12.7 Å². The van der Waals surface area contributed by atoms with Crippen LogP contribution in [0.15, 0.2) is 70.0 Å². The zero-order valence-corrected chi connectivity index (χ0v) is 17.0. The number of nitrogens with zero attached hydrogens (tertiary/aromatic N) is 1. The summed E-state index contributed by atoms with van der Waals surface area (Å²) < 4.78 is 11.2. The van der Waals surface area contributed by atoms with Gasteiger partial charge < -0.3 is 9.15 Å². The molecule has 0 spiro atoms. The minimum atomic E-state index is -0.384. The van der Waals surface area contributed by atoms with Gasteiger partial charge in [0, 0.05) is 16.7 Å². The second-order valence-corrected chi connectivity index (χ2v) is 7.59. The number of anilines is 1. The minimum absolute atomic E-state index is 0.302. The van der Waals surface area contributed by atoms with Crippen LogP contribution in [0.25, 0.3) is 17.4 Å². The summed E-state index contributed by atoms with van der Waals surface area (Å²) in [5.41, 5.74) is 1.33. The third-order valence-corrected chi connectivity index (χ3v) is 5.31. The van der Waals surface area contributed by atoms with Gasteiger partial charge in [-0.3, -0.25) is 9.59 Å². The molecule has 0 aliphatic carbocycles. The van der Waals surface area contributed by atoms with Gasteiger partial charge in [-0.05, 0) is 67.2 Å². The Bertz CT molecular complexity index is 1100. The van der Waals surface area contributed by atoms with E-state index < -0.39 is 0 Å². The monoisotopic (exact) mass is 425 g/mol. The van der Waals surface area contributed by atoms with Crippen molar-refractivity contribution in [2.45, 2.75) is 6.92 Å². The highest BCUT2D eigenvalue weighted by molar-refractivity contribution is 8.19. The Kier molecular flexibility index (Phi) is 5.47. The van der Waals surface area contributed by atoms with Crippen LogP contribution in [0.4, 0.5) is 10.5 Å². The van der Waals surface area contributed by atoms with E-state index in [-0.39, 0.29) is 11.1 Å². The first-order chi connectivity index (χ1) is 14.0. The third-order valence-electron chi connectivity index (χ3n) is 4.21. The zero-order valence-electron chi connectivity index (χ0n) is 15.4. The molecule has 1 aliphatic rings. The van der Waals surface area contributed by atoms with Crippen molar-refractivity contribution in [3.63, 3.8) is 0 Å². The molecule has 3 aromatic rings. The molecule has 0 saturated carbocycles. The SMILES string of the molecule is CCOc1ccc(N2C(=O)S/C(=C/c3ccc(-c4cccc(Cl)c4)o3)C2=O)cc1. The molecule has 2 aromatic carbocycles. The maximum atomic E-state index is 12.8. The summed E-state index contributed by atoms with van der Waals surface area (Å²) in [5, 5.41) is 0.254. The Balaban J connectivity index is 1.56. The molecule has 4 rings (SSSR count). The smallest absolute Gasteiger partial charge is 0.298 e. The van der Waals surface area contributed by atoms with Crippen molar-refractivity contribution in [3.8, 4) is 17.1 Å². The summed E-state index contributed by atoms with van der Waals surface area (Å²) >= 11 is 6.90. The molecular formula is C22H16ClNO4S. The molecule has 0 unspecified atom stereocenters. The van der Waals surface area contributed by atoms with Crippen molar-refractivity contribution >= 4 is 46.3 Å². The predicted molar refractivity (Wildman–Crippen MR) is 115 cm³/mol. The van der Waals surface area contributed by atoms with E-state index in [1.165, 1.54) is 0 Å². The lowest BCUT2D eigenvalue weighted by Gasteiger charge is -2.13. The van der Waals surface area contributed by atoms with Gasteiger partial charge in [0.25, 0.3) is 11.1 Å². The fraction of sp³-hybridized carbons (Fsp3) is 0.0909. The fourth-order valence-electron chi connectivity index (χ4n) is 2.90. The lowest BCUT2D eigenvalue weighted by molar-refractivity contribution is -0.113. The molecule has 7 heteroatoms. The predicted octanol–water partition coefficient (Wildman–Crippen LogP) is 6.24.